The summed E-state index contributed by atoms with van der Waals surface area (Å²) in [5.74, 6) is -0.467. The second kappa shape index (κ2) is 22.1. The first-order chi connectivity index (χ1) is 29.6. The van der Waals surface area contributed by atoms with Crippen molar-refractivity contribution in [1.82, 2.24) is 4.90 Å². The lowest BCUT2D eigenvalue weighted by Crippen LogP contribution is -2.55. The summed E-state index contributed by atoms with van der Waals surface area (Å²) in [5, 5.41) is 19.5. The minimum Gasteiger partial charge on any atom is -0.490 e. The molecule has 0 saturated carbocycles. The van der Waals surface area contributed by atoms with E-state index in [9.17, 15) is 34.2 Å². The number of piperidine rings is 1. The van der Waals surface area contributed by atoms with Crippen molar-refractivity contribution in [2.45, 2.75) is 69.4 Å². The normalized spacial score (nSPS) is 19.7. The summed E-state index contributed by atoms with van der Waals surface area (Å²) >= 11 is 0. The number of esters is 1. The van der Waals surface area contributed by atoms with Gasteiger partial charge in [-0.1, -0.05) is 24.3 Å². The van der Waals surface area contributed by atoms with Gasteiger partial charge in [-0.05, 0) is 72.9 Å². The number of halogens is 1. The highest BCUT2D eigenvalue weighted by Gasteiger charge is 2.42. The minimum atomic E-state index is -0.931. The van der Waals surface area contributed by atoms with Crippen LogP contribution in [-0.2, 0) is 40.1 Å². The molecule has 3 aliphatic heterocycles. The van der Waals surface area contributed by atoms with Gasteiger partial charge in [-0.25, -0.2) is 4.39 Å². The number of carbonyl (C=O) groups excluding carboxylic acids is 2. The number of nitrogens with zero attached hydrogens (tertiary/aromatic N) is 5. The Morgan fingerprint density at radius 2 is 1.62 bits per heavy atom. The molecule has 0 bridgehead atoms. The highest BCUT2D eigenvalue weighted by atomic mass is 19.1. The van der Waals surface area contributed by atoms with Crippen molar-refractivity contribution in [3.05, 3.63) is 104 Å². The number of rotatable bonds is 22. The number of hydrogen-bond acceptors (Lipinski definition) is 15. The van der Waals surface area contributed by atoms with E-state index in [0.717, 1.165) is 47.6 Å². The summed E-state index contributed by atoms with van der Waals surface area (Å²) in [5.41, 5.74) is 3.33. The van der Waals surface area contributed by atoms with Gasteiger partial charge in [0.2, 0.25) is 5.91 Å². The van der Waals surface area contributed by atoms with Gasteiger partial charge in [0.15, 0.2) is 0 Å². The van der Waals surface area contributed by atoms with Gasteiger partial charge in [-0.3, -0.25) is 9.59 Å². The van der Waals surface area contributed by atoms with Crippen molar-refractivity contribution >= 4 is 23.3 Å². The number of anilines is 2. The maximum atomic E-state index is 13.9. The van der Waals surface area contributed by atoms with E-state index in [2.05, 4.69) is 19.5 Å². The van der Waals surface area contributed by atoms with Gasteiger partial charge < -0.3 is 48.1 Å². The van der Waals surface area contributed by atoms with Crippen molar-refractivity contribution < 1.29 is 57.5 Å². The van der Waals surface area contributed by atoms with Crippen LogP contribution in [0.1, 0.15) is 55.6 Å². The van der Waals surface area contributed by atoms with Gasteiger partial charge in [0, 0.05) is 58.3 Å². The van der Waals surface area contributed by atoms with Crippen LogP contribution in [0.2, 0.25) is 0 Å². The molecule has 0 radical (unpaired) electrons. The van der Waals surface area contributed by atoms with Crippen molar-refractivity contribution in [2.24, 2.45) is 0 Å². The van der Waals surface area contributed by atoms with Crippen LogP contribution in [0.15, 0.2) is 66.7 Å². The molecule has 18 nitrogen and oxygen atoms in total. The van der Waals surface area contributed by atoms with Gasteiger partial charge >= 0.3 is 5.97 Å². The van der Waals surface area contributed by atoms with E-state index in [1.807, 2.05) is 48.5 Å². The molecule has 19 heteroatoms. The van der Waals surface area contributed by atoms with E-state index in [0.29, 0.717) is 38.6 Å². The zero-order chi connectivity index (χ0) is 43.1. The van der Waals surface area contributed by atoms with Crippen LogP contribution in [0.4, 0.5) is 15.8 Å². The summed E-state index contributed by atoms with van der Waals surface area (Å²) in [7, 11) is 1.67. The molecule has 2 saturated heterocycles. The Bertz CT molecular complexity index is 1940. The van der Waals surface area contributed by atoms with E-state index >= 15 is 0 Å². The fourth-order valence-corrected chi connectivity index (χ4v) is 7.92. The summed E-state index contributed by atoms with van der Waals surface area (Å²) < 4.78 is 44.2. The minimum absolute atomic E-state index is 0.000546. The number of hydrogen-bond donors (Lipinski definition) is 0. The first kappa shape index (κ1) is 44.6. The van der Waals surface area contributed by atoms with Gasteiger partial charge in [0.25, 0.3) is 10.2 Å². The molecule has 0 spiro atoms. The largest absolute Gasteiger partial charge is 0.490 e. The molecule has 3 aliphatic rings. The lowest BCUT2D eigenvalue weighted by atomic mass is 9.84. The van der Waals surface area contributed by atoms with E-state index in [4.69, 9.17) is 23.7 Å². The van der Waals surface area contributed by atoms with Crippen molar-refractivity contribution in [2.75, 3.05) is 82.6 Å². The highest BCUT2D eigenvalue weighted by Crippen LogP contribution is 2.37. The van der Waals surface area contributed by atoms with Gasteiger partial charge in [0.05, 0.1) is 57.2 Å². The van der Waals surface area contributed by atoms with Crippen molar-refractivity contribution in [3.63, 3.8) is 0 Å². The topological polar surface area (TPSA) is 195 Å². The number of methoxy groups -OCH3 is 1. The molecule has 3 heterocycles. The Kier molecular flexibility index (Phi) is 16.1. The summed E-state index contributed by atoms with van der Waals surface area (Å²) in [6.45, 7) is 3.67. The molecule has 0 aliphatic carbocycles. The Labute approximate surface area is 352 Å². The summed E-state index contributed by atoms with van der Waals surface area (Å²) in [6.07, 6.45) is -0.276. The van der Waals surface area contributed by atoms with Gasteiger partial charge in [-0.15, -0.1) is 20.2 Å². The Morgan fingerprint density at radius 1 is 0.869 bits per heavy atom. The Morgan fingerprint density at radius 3 is 2.36 bits per heavy atom. The molecule has 1 amide bonds. The molecule has 330 valence electrons. The highest BCUT2D eigenvalue weighted by molar-refractivity contribution is 5.76. The fourth-order valence-electron chi connectivity index (χ4n) is 7.92. The predicted octanol–water partition coefficient (Wildman–Crippen LogP) is 5.12. The average molecular weight is 854 g/mol. The number of carbonyl (C=O) groups is 2. The molecule has 3 aromatic carbocycles. The van der Waals surface area contributed by atoms with E-state index in [1.54, 1.807) is 13.2 Å². The Hall–Kier alpha value is -5.95. The molecule has 2 fully saturated rings. The zero-order valence-electron chi connectivity index (χ0n) is 34.1. The second-order valence-corrected chi connectivity index (χ2v) is 15.0. The number of fused-ring (bicyclic) bond motifs is 1. The van der Waals surface area contributed by atoms with Crippen LogP contribution in [0.5, 0.6) is 11.5 Å². The standard InChI is InChI=1S/C42H52FN5O13/c1-55-20-5-17-44-19-23-56-37-15-10-30(24-36(37)44)29-57-38-27-46(40(49)8-3-21-58-47(51)52)28-39(61-41(50)9-4-22-59-48(53)54)42(38)31-11-13-34(14-12-31)60-35-16-18-45(26-35)33-7-2-6-32(43)25-33/h2,6-7,10-15,24-25,35,38-39,42H,3-5,8-9,16-23,26-29H2,1H3. The maximum absolute atomic E-state index is 13.9. The number of benzene rings is 3. The van der Waals surface area contributed by atoms with Crippen LogP contribution >= 0.6 is 0 Å². The SMILES string of the molecule is COCCCN1CCOc2ccc(COC3CN(C(=O)CCCO[N+](=O)[O-])CC(OC(=O)CCCO[N+](=O)[O-])C3c3ccc(OC4CCN(c5cccc(F)c5)C4)cc3)cc21. The number of likely N-dealkylation sites (tertiary alicyclic amines) is 1. The zero-order valence-corrected chi connectivity index (χ0v) is 34.1. The van der Waals surface area contributed by atoms with Gasteiger partial charge in [0.1, 0.15) is 36.1 Å². The molecule has 3 aromatic rings. The first-order valence-corrected chi connectivity index (χ1v) is 20.5. The average Bonchev–Trinajstić information content (AvgIpc) is 3.72. The fraction of sp³-hybridized carbons (Fsp3) is 0.524. The van der Waals surface area contributed by atoms with E-state index in [1.165, 1.54) is 17.0 Å². The molecule has 4 atom stereocenters. The molecular formula is C42H52FN5O13. The first-order valence-electron chi connectivity index (χ1n) is 20.5. The lowest BCUT2D eigenvalue weighted by molar-refractivity contribution is -0.757. The molecule has 4 unspecified atom stereocenters. The number of amides is 1. The van der Waals surface area contributed by atoms with E-state index in [-0.39, 0.29) is 76.4 Å². The molecule has 61 heavy (non-hydrogen) atoms. The van der Waals surface area contributed by atoms with Crippen LogP contribution in [0.3, 0.4) is 0 Å². The quantitative estimate of drug-likeness (QED) is 0.0559. The third-order valence-corrected chi connectivity index (χ3v) is 10.8. The molecule has 0 aromatic heterocycles. The van der Waals surface area contributed by atoms with Crippen molar-refractivity contribution in [1.29, 1.82) is 0 Å². The second-order valence-electron chi connectivity index (χ2n) is 15.0. The lowest BCUT2D eigenvalue weighted by Gasteiger charge is -2.43. The molecule has 0 N–H and O–H groups in total. The van der Waals surface area contributed by atoms with E-state index < -0.39 is 34.3 Å². The monoisotopic (exact) mass is 853 g/mol. The molecular weight excluding hydrogens is 801 g/mol. The van der Waals surface area contributed by atoms with Crippen LogP contribution in [-0.4, -0.2) is 118 Å². The summed E-state index contributed by atoms with van der Waals surface area (Å²) in [4.78, 5) is 62.9. The smallest absolute Gasteiger partial charge is 0.306 e. The summed E-state index contributed by atoms with van der Waals surface area (Å²) in [6, 6.07) is 19.7. The third kappa shape index (κ3) is 13.0. The molecule has 6 rings (SSSR count). The van der Waals surface area contributed by atoms with Crippen LogP contribution in [0, 0.1) is 26.0 Å². The predicted molar refractivity (Wildman–Crippen MR) is 217 cm³/mol. The van der Waals surface area contributed by atoms with Gasteiger partial charge in [-0.2, -0.15) is 0 Å². The van der Waals surface area contributed by atoms with Crippen LogP contribution < -0.4 is 19.3 Å². The third-order valence-electron chi connectivity index (χ3n) is 10.8. The van der Waals surface area contributed by atoms with Crippen LogP contribution in [0.25, 0.3) is 0 Å². The van der Waals surface area contributed by atoms with Crippen molar-refractivity contribution in [3.8, 4) is 11.5 Å². The maximum Gasteiger partial charge on any atom is 0.306 e. The Balaban J connectivity index is 1.23. The number of ether oxygens (including phenoxy) is 5.